The smallest absolute Gasteiger partial charge is 0.251 e. The van der Waals surface area contributed by atoms with Gasteiger partial charge in [-0.3, -0.25) is 9.59 Å². The quantitative estimate of drug-likeness (QED) is 0.870. The van der Waals surface area contributed by atoms with Gasteiger partial charge >= 0.3 is 0 Å². The van der Waals surface area contributed by atoms with E-state index in [1.807, 2.05) is 19.2 Å². The molecule has 7 heteroatoms. The zero-order valence-electron chi connectivity index (χ0n) is 15.8. The highest BCUT2D eigenvalue weighted by atomic mass is 16.2. The van der Waals surface area contributed by atoms with Gasteiger partial charge in [0.15, 0.2) is 0 Å². The Balaban J connectivity index is 1.60. The number of amides is 2. The summed E-state index contributed by atoms with van der Waals surface area (Å²) < 4.78 is 0. The van der Waals surface area contributed by atoms with Crippen LogP contribution in [0.4, 0.5) is 5.95 Å². The van der Waals surface area contributed by atoms with Crippen LogP contribution in [-0.4, -0.2) is 53.9 Å². The molecule has 142 valence electrons. The van der Waals surface area contributed by atoms with Gasteiger partial charge in [0.2, 0.25) is 11.9 Å². The standard InChI is InChI=1S/C20H25N5O2/c1-21-18(26)16-8-6-15(7-9-16)13-24(2)19(27)17-5-3-12-25(14-17)20-22-10-4-11-23-20/h4,6-11,17H,3,5,12-14H2,1-2H3,(H,21,26). The molecule has 0 bridgehead atoms. The molecule has 0 saturated carbocycles. The maximum atomic E-state index is 12.9. The van der Waals surface area contributed by atoms with E-state index in [1.54, 1.807) is 42.5 Å². The van der Waals surface area contributed by atoms with Gasteiger partial charge in [0.25, 0.3) is 5.91 Å². The Bertz CT molecular complexity index is 779. The second kappa shape index (κ2) is 8.62. The predicted octanol–water partition coefficient (Wildman–Crippen LogP) is 1.71. The van der Waals surface area contributed by atoms with E-state index in [0.717, 1.165) is 24.9 Å². The minimum atomic E-state index is -0.114. The first kappa shape index (κ1) is 18.8. The van der Waals surface area contributed by atoms with Gasteiger partial charge in [-0.25, -0.2) is 9.97 Å². The van der Waals surface area contributed by atoms with Gasteiger partial charge in [-0.05, 0) is 36.6 Å². The van der Waals surface area contributed by atoms with Crippen molar-refractivity contribution in [3.8, 4) is 0 Å². The molecule has 1 fully saturated rings. The van der Waals surface area contributed by atoms with Crippen LogP contribution in [0.15, 0.2) is 42.7 Å². The Labute approximate surface area is 159 Å². The molecule has 1 unspecified atom stereocenters. The molecule has 1 N–H and O–H groups in total. The Morgan fingerprint density at radius 1 is 1.22 bits per heavy atom. The molecule has 1 aliphatic rings. The normalized spacial score (nSPS) is 16.7. The highest BCUT2D eigenvalue weighted by Gasteiger charge is 2.29. The van der Waals surface area contributed by atoms with Crippen LogP contribution in [0, 0.1) is 5.92 Å². The van der Waals surface area contributed by atoms with Gasteiger partial charge < -0.3 is 15.1 Å². The van der Waals surface area contributed by atoms with E-state index in [0.29, 0.717) is 24.6 Å². The summed E-state index contributed by atoms with van der Waals surface area (Å²) in [4.78, 5) is 36.9. The Morgan fingerprint density at radius 2 is 1.93 bits per heavy atom. The Kier molecular flexibility index (Phi) is 6.01. The second-order valence-electron chi connectivity index (χ2n) is 6.80. The van der Waals surface area contributed by atoms with Crippen molar-refractivity contribution >= 4 is 17.8 Å². The second-order valence-corrected chi connectivity index (χ2v) is 6.80. The van der Waals surface area contributed by atoms with Crippen molar-refractivity contribution in [3.63, 3.8) is 0 Å². The molecule has 1 saturated heterocycles. The van der Waals surface area contributed by atoms with Crippen LogP contribution in [-0.2, 0) is 11.3 Å². The molecule has 0 radical (unpaired) electrons. The van der Waals surface area contributed by atoms with Crippen molar-refractivity contribution in [1.82, 2.24) is 20.2 Å². The van der Waals surface area contributed by atoms with Gasteiger partial charge in [-0.15, -0.1) is 0 Å². The van der Waals surface area contributed by atoms with E-state index in [4.69, 9.17) is 0 Å². The first-order valence-electron chi connectivity index (χ1n) is 9.16. The first-order valence-corrected chi connectivity index (χ1v) is 9.16. The third kappa shape index (κ3) is 4.61. The molecule has 7 nitrogen and oxygen atoms in total. The lowest BCUT2D eigenvalue weighted by atomic mass is 9.96. The lowest BCUT2D eigenvalue weighted by Gasteiger charge is -2.34. The average molecular weight is 367 g/mol. The number of benzene rings is 1. The number of piperidine rings is 1. The van der Waals surface area contributed by atoms with E-state index >= 15 is 0 Å². The van der Waals surface area contributed by atoms with E-state index in [2.05, 4.69) is 20.2 Å². The lowest BCUT2D eigenvalue weighted by Crippen LogP contribution is -2.44. The Morgan fingerprint density at radius 3 is 2.59 bits per heavy atom. The number of nitrogens with zero attached hydrogens (tertiary/aromatic N) is 4. The third-order valence-electron chi connectivity index (χ3n) is 4.84. The molecule has 27 heavy (non-hydrogen) atoms. The largest absolute Gasteiger partial charge is 0.355 e. The van der Waals surface area contributed by atoms with E-state index in [1.165, 1.54) is 0 Å². The fraction of sp³-hybridized carbons (Fsp3) is 0.400. The molecule has 1 atom stereocenters. The number of carbonyl (C=O) groups excluding carboxylic acids is 2. The topological polar surface area (TPSA) is 78.4 Å². The van der Waals surface area contributed by atoms with Crippen LogP contribution in [0.5, 0.6) is 0 Å². The van der Waals surface area contributed by atoms with E-state index in [9.17, 15) is 9.59 Å². The number of hydrogen-bond donors (Lipinski definition) is 1. The molecule has 1 aliphatic heterocycles. The number of rotatable bonds is 5. The van der Waals surface area contributed by atoms with Crippen molar-refractivity contribution in [2.75, 3.05) is 32.1 Å². The van der Waals surface area contributed by atoms with Gasteiger partial charge in [0, 0.05) is 51.7 Å². The summed E-state index contributed by atoms with van der Waals surface area (Å²) in [5.41, 5.74) is 1.61. The highest BCUT2D eigenvalue weighted by Crippen LogP contribution is 2.22. The summed E-state index contributed by atoms with van der Waals surface area (Å²) in [5.74, 6) is 0.641. The van der Waals surface area contributed by atoms with Gasteiger partial charge in [0.05, 0.1) is 5.92 Å². The molecule has 2 amide bonds. The van der Waals surface area contributed by atoms with Crippen LogP contribution in [0.1, 0.15) is 28.8 Å². The Hall–Kier alpha value is -2.96. The minimum absolute atomic E-state index is 0.0577. The van der Waals surface area contributed by atoms with Gasteiger partial charge in [0.1, 0.15) is 0 Å². The molecule has 2 heterocycles. The number of hydrogen-bond acceptors (Lipinski definition) is 5. The van der Waals surface area contributed by atoms with Crippen LogP contribution in [0.3, 0.4) is 0 Å². The van der Waals surface area contributed by atoms with Crippen LogP contribution < -0.4 is 10.2 Å². The molecule has 0 aliphatic carbocycles. The summed E-state index contributed by atoms with van der Waals surface area (Å²) in [7, 11) is 3.43. The zero-order chi connectivity index (χ0) is 19.2. The first-order chi connectivity index (χ1) is 13.1. The van der Waals surface area contributed by atoms with Crippen LogP contribution in [0.25, 0.3) is 0 Å². The fourth-order valence-electron chi connectivity index (χ4n) is 3.38. The monoisotopic (exact) mass is 367 g/mol. The van der Waals surface area contributed by atoms with Crippen molar-refractivity contribution in [2.45, 2.75) is 19.4 Å². The molecular formula is C20H25N5O2. The van der Waals surface area contributed by atoms with Crippen molar-refractivity contribution in [3.05, 3.63) is 53.9 Å². The van der Waals surface area contributed by atoms with E-state index < -0.39 is 0 Å². The third-order valence-corrected chi connectivity index (χ3v) is 4.84. The van der Waals surface area contributed by atoms with Gasteiger partial charge in [-0.2, -0.15) is 0 Å². The van der Waals surface area contributed by atoms with Crippen LogP contribution >= 0.6 is 0 Å². The number of carbonyl (C=O) groups is 2. The summed E-state index contributed by atoms with van der Waals surface area (Å²) in [6.07, 6.45) is 5.27. The van der Waals surface area contributed by atoms with Crippen molar-refractivity contribution < 1.29 is 9.59 Å². The lowest BCUT2D eigenvalue weighted by molar-refractivity contribution is -0.135. The molecular weight excluding hydrogens is 342 g/mol. The molecule has 0 spiro atoms. The fourth-order valence-corrected chi connectivity index (χ4v) is 3.38. The molecule has 1 aromatic carbocycles. The zero-order valence-corrected chi connectivity index (χ0v) is 15.8. The number of anilines is 1. The summed E-state index contributed by atoms with van der Waals surface area (Å²) in [6.45, 7) is 2.03. The number of nitrogens with one attached hydrogen (secondary N) is 1. The van der Waals surface area contributed by atoms with Crippen molar-refractivity contribution in [1.29, 1.82) is 0 Å². The maximum Gasteiger partial charge on any atom is 0.251 e. The summed E-state index contributed by atoms with van der Waals surface area (Å²) in [6, 6.07) is 9.13. The summed E-state index contributed by atoms with van der Waals surface area (Å²) >= 11 is 0. The predicted molar refractivity (Wildman–Crippen MR) is 103 cm³/mol. The molecule has 2 aromatic rings. The van der Waals surface area contributed by atoms with Crippen molar-refractivity contribution in [2.24, 2.45) is 5.92 Å². The SMILES string of the molecule is CNC(=O)c1ccc(CN(C)C(=O)C2CCCN(c3ncccn3)C2)cc1. The minimum Gasteiger partial charge on any atom is -0.355 e. The average Bonchev–Trinajstić information content (AvgIpc) is 2.74. The highest BCUT2D eigenvalue weighted by molar-refractivity contribution is 5.93. The van der Waals surface area contributed by atoms with Crippen LogP contribution in [0.2, 0.25) is 0 Å². The maximum absolute atomic E-state index is 12.9. The number of aromatic nitrogens is 2. The van der Waals surface area contributed by atoms with E-state index in [-0.39, 0.29) is 17.7 Å². The van der Waals surface area contributed by atoms with Gasteiger partial charge in [-0.1, -0.05) is 12.1 Å². The summed E-state index contributed by atoms with van der Waals surface area (Å²) in [5, 5.41) is 2.60. The molecule has 3 rings (SSSR count). The molecule has 1 aromatic heterocycles.